The molecule has 0 bridgehead atoms. The molecular formula is C25H21N3O3. The summed E-state index contributed by atoms with van der Waals surface area (Å²) in [6.45, 7) is 0.468. The monoisotopic (exact) mass is 411 g/mol. The van der Waals surface area contributed by atoms with Gasteiger partial charge >= 0.3 is 0 Å². The number of amides is 2. The number of aromatic nitrogens is 2. The average Bonchev–Trinajstić information content (AvgIpc) is 3.37. The normalized spacial score (nSPS) is 18.8. The summed E-state index contributed by atoms with van der Waals surface area (Å²) < 4.78 is 4.03. The lowest BCUT2D eigenvalue weighted by Crippen LogP contribution is -2.32. The third kappa shape index (κ3) is 2.48. The van der Waals surface area contributed by atoms with Crippen molar-refractivity contribution in [3.8, 4) is 0 Å². The van der Waals surface area contributed by atoms with Crippen LogP contribution in [0.25, 0.3) is 27.4 Å². The van der Waals surface area contributed by atoms with E-state index in [0.29, 0.717) is 30.6 Å². The Morgan fingerprint density at radius 2 is 1.68 bits per heavy atom. The number of benzene rings is 2. The maximum Gasteiger partial charge on any atom is 0.266 e. The van der Waals surface area contributed by atoms with Gasteiger partial charge in [0.05, 0.1) is 22.9 Å². The third-order valence-corrected chi connectivity index (χ3v) is 6.49. The largest absolute Gasteiger partial charge is 0.391 e. The highest BCUT2D eigenvalue weighted by atomic mass is 16.3. The molecule has 0 saturated carbocycles. The summed E-state index contributed by atoms with van der Waals surface area (Å²) in [5.41, 5.74) is 4.72. The number of aryl methyl sites for hydroxylation is 1. The first-order valence-corrected chi connectivity index (χ1v) is 10.5. The maximum atomic E-state index is 13.6. The van der Waals surface area contributed by atoms with Crippen molar-refractivity contribution in [2.75, 3.05) is 4.90 Å². The highest BCUT2D eigenvalue weighted by Crippen LogP contribution is 2.41. The van der Waals surface area contributed by atoms with E-state index < -0.39 is 6.10 Å². The summed E-state index contributed by atoms with van der Waals surface area (Å²) >= 11 is 0. The van der Waals surface area contributed by atoms with Crippen LogP contribution in [0.4, 0.5) is 5.69 Å². The number of carbonyl (C=O) groups is 2. The molecule has 2 aromatic heterocycles. The lowest BCUT2D eigenvalue weighted by Gasteiger charge is -2.24. The van der Waals surface area contributed by atoms with Gasteiger partial charge in [0.2, 0.25) is 0 Å². The number of aliphatic hydroxyl groups excluding tert-OH is 1. The second-order valence-corrected chi connectivity index (χ2v) is 8.32. The number of imide groups is 1. The molecule has 2 aliphatic rings. The van der Waals surface area contributed by atoms with Crippen molar-refractivity contribution < 1.29 is 14.7 Å². The Balaban J connectivity index is 1.52. The summed E-state index contributed by atoms with van der Waals surface area (Å²) in [5, 5.41) is 12.0. The van der Waals surface area contributed by atoms with Gasteiger partial charge in [-0.2, -0.15) is 0 Å². The second-order valence-electron chi connectivity index (χ2n) is 8.32. The number of fused-ring (bicyclic) bond motifs is 4. The topological polar surface area (TPSA) is 67.5 Å². The zero-order valence-corrected chi connectivity index (χ0v) is 17.1. The average molecular weight is 411 g/mol. The quantitative estimate of drug-likeness (QED) is 0.514. The molecule has 0 saturated heterocycles. The van der Waals surface area contributed by atoms with Gasteiger partial charge in [0.1, 0.15) is 0 Å². The molecule has 6 heteroatoms. The van der Waals surface area contributed by atoms with Crippen molar-refractivity contribution in [2.24, 2.45) is 7.05 Å². The number of hydrogen-bond donors (Lipinski definition) is 1. The van der Waals surface area contributed by atoms with Gasteiger partial charge in [0.15, 0.2) is 0 Å². The van der Waals surface area contributed by atoms with E-state index in [1.807, 2.05) is 66.3 Å². The van der Waals surface area contributed by atoms with Gasteiger partial charge in [-0.05, 0) is 25.0 Å². The highest BCUT2D eigenvalue weighted by molar-refractivity contribution is 6.45. The highest BCUT2D eigenvalue weighted by Gasteiger charge is 2.38. The summed E-state index contributed by atoms with van der Waals surface area (Å²) in [6, 6.07) is 15.6. The molecule has 4 heterocycles. The number of rotatable bonds is 2. The van der Waals surface area contributed by atoms with Crippen LogP contribution in [0.3, 0.4) is 0 Å². The fraction of sp³-hybridized carbons (Fsp3) is 0.200. The van der Waals surface area contributed by atoms with Gasteiger partial charge < -0.3 is 14.2 Å². The van der Waals surface area contributed by atoms with Crippen LogP contribution in [-0.2, 0) is 29.6 Å². The van der Waals surface area contributed by atoms with Crippen LogP contribution in [0.2, 0.25) is 0 Å². The smallest absolute Gasteiger partial charge is 0.266 e. The number of hydrogen-bond acceptors (Lipinski definition) is 3. The van der Waals surface area contributed by atoms with Gasteiger partial charge in [-0.15, -0.1) is 0 Å². The zero-order valence-electron chi connectivity index (χ0n) is 17.1. The molecule has 2 aromatic carbocycles. The minimum atomic E-state index is -0.425. The SMILES string of the molecule is Cn1cc(C2=CC(=O)N(c3c4n(c5ccccc35)CC(O)CC4)C2=O)c2ccccc21. The predicted octanol–water partition coefficient (Wildman–Crippen LogP) is 3.40. The molecule has 154 valence electrons. The van der Waals surface area contributed by atoms with E-state index in [1.54, 1.807) is 0 Å². The van der Waals surface area contributed by atoms with Gasteiger partial charge in [-0.1, -0.05) is 36.4 Å². The molecule has 0 fully saturated rings. The van der Waals surface area contributed by atoms with E-state index in [1.165, 1.54) is 11.0 Å². The fourth-order valence-corrected chi connectivity index (χ4v) is 5.09. The number of carbonyl (C=O) groups excluding carboxylic acids is 2. The Bertz CT molecular complexity index is 1440. The van der Waals surface area contributed by atoms with Gasteiger partial charge in [-0.25, -0.2) is 4.90 Å². The Labute approximate surface area is 178 Å². The standard InChI is InChI=1S/C25H21N3O3/c1-26-14-19(16-6-2-4-8-20(16)26)18-12-23(30)28(25(18)31)24-17-7-3-5-9-21(17)27-13-15(29)10-11-22(24)27/h2-9,12,14-15,29H,10-11,13H2,1H3. The van der Waals surface area contributed by atoms with Crippen molar-refractivity contribution in [2.45, 2.75) is 25.5 Å². The summed E-state index contributed by atoms with van der Waals surface area (Å²) in [7, 11) is 1.94. The zero-order chi connectivity index (χ0) is 21.3. The Kier molecular flexibility index (Phi) is 3.76. The Hall–Kier alpha value is -3.64. The molecule has 0 aliphatic carbocycles. The first-order chi connectivity index (χ1) is 15.0. The first-order valence-electron chi connectivity index (χ1n) is 10.5. The summed E-state index contributed by atoms with van der Waals surface area (Å²) in [5.74, 6) is -0.621. The van der Waals surface area contributed by atoms with E-state index in [0.717, 1.165) is 33.1 Å². The predicted molar refractivity (Wildman–Crippen MR) is 120 cm³/mol. The van der Waals surface area contributed by atoms with E-state index in [2.05, 4.69) is 4.57 Å². The Morgan fingerprint density at radius 3 is 2.48 bits per heavy atom. The molecule has 2 aliphatic heterocycles. The van der Waals surface area contributed by atoms with E-state index in [9.17, 15) is 14.7 Å². The van der Waals surface area contributed by atoms with Crippen LogP contribution in [0.5, 0.6) is 0 Å². The number of para-hydroxylation sites is 2. The van der Waals surface area contributed by atoms with E-state index in [4.69, 9.17) is 0 Å². The van der Waals surface area contributed by atoms with Crippen LogP contribution in [0, 0.1) is 0 Å². The maximum absolute atomic E-state index is 13.6. The van der Waals surface area contributed by atoms with Gasteiger partial charge in [0, 0.05) is 53.4 Å². The molecule has 1 unspecified atom stereocenters. The van der Waals surface area contributed by atoms with Crippen molar-refractivity contribution in [3.63, 3.8) is 0 Å². The van der Waals surface area contributed by atoms with Gasteiger partial charge in [-0.3, -0.25) is 9.59 Å². The summed E-state index contributed by atoms with van der Waals surface area (Å²) in [4.78, 5) is 28.1. The van der Waals surface area contributed by atoms with Crippen LogP contribution in [-0.4, -0.2) is 32.2 Å². The number of anilines is 1. The number of aliphatic hydroxyl groups is 1. The molecule has 0 spiro atoms. The lowest BCUT2D eigenvalue weighted by molar-refractivity contribution is -0.119. The molecule has 1 N–H and O–H groups in total. The van der Waals surface area contributed by atoms with Crippen molar-refractivity contribution >= 4 is 44.9 Å². The molecule has 0 radical (unpaired) electrons. The van der Waals surface area contributed by atoms with Crippen LogP contribution < -0.4 is 4.90 Å². The van der Waals surface area contributed by atoms with Crippen LogP contribution in [0.1, 0.15) is 17.7 Å². The molecular weight excluding hydrogens is 390 g/mol. The minimum absolute atomic E-state index is 0.299. The first kappa shape index (κ1) is 18.2. The van der Waals surface area contributed by atoms with E-state index in [-0.39, 0.29) is 11.8 Å². The van der Waals surface area contributed by atoms with Crippen molar-refractivity contribution in [1.29, 1.82) is 0 Å². The van der Waals surface area contributed by atoms with Crippen molar-refractivity contribution in [1.82, 2.24) is 9.13 Å². The van der Waals surface area contributed by atoms with Gasteiger partial charge in [0.25, 0.3) is 11.8 Å². The fourth-order valence-electron chi connectivity index (χ4n) is 5.09. The lowest BCUT2D eigenvalue weighted by atomic mass is 10.0. The molecule has 6 rings (SSSR count). The number of nitrogens with zero attached hydrogens (tertiary/aromatic N) is 3. The van der Waals surface area contributed by atoms with E-state index >= 15 is 0 Å². The van der Waals surface area contributed by atoms with Crippen LogP contribution >= 0.6 is 0 Å². The third-order valence-electron chi connectivity index (χ3n) is 6.49. The summed E-state index contributed by atoms with van der Waals surface area (Å²) in [6.07, 6.45) is 4.18. The molecule has 6 nitrogen and oxygen atoms in total. The van der Waals surface area contributed by atoms with Crippen molar-refractivity contribution in [3.05, 3.63) is 72.1 Å². The second kappa shape index (κ2) is 6.43. The Morgan fingerprint density at radius 1 is 0.968 bits per heavy atom. The molecule has 1 atom stereocenters. The molecule has 4 aromatic rings. The molecule has 2 amide bonds. The van der Waals surface area contributed by atoms with Crippen LogP contribution in [0.15, 0.2) is 60.8 Å². The minimum Gasteiger partial charge on any atom is -0.391 e. The molecule has 31 heavy (non-hydrogen) atoms.